The van der Waals surface area contributed by atoms with E-state index in [1.54, 1.807) is 0 Å². The SMILES string of the molecule is CCCCCC/C=C\C=C/CCCCCCCC(=O)OC[C@H](COP(=O)(O)OC[C@@H](O)COP(=O)(O)OC[C@@H](COC(=O)CCCCCCCCC(C)CC)OC(=O)CCCCCCCCCCCCC(C)C)OC(=O)CCCCCCCCCCCCCCCCCCC(C)C. The molecule has 0 aromatic rings. The van der Waals surface area contributed by atoms with E-state index in [0.29, 0.717) is 25.7 Å². The van der Waals surface area contributed by atoms with Crippen LogP contribution in [0.3, 0.4) is 0 Å². The maximum absolute atomic E-state index is 13.1. The molecule has 0 bridgehead atoms. The summed E-state index contributed by atoms with van der Waals surface area (Å²) >= 11 is 0. The number of esters is 4. The summed E-state index contributed by atoms with van der Waals surface area (Å²) in [6, 6.07) is 0. The van der Waals surface area contributed by atoms with Crippen molar-refractivity contribution in [3.63, 3.8) is 0 Å². The molecule has 0 saturated heterocycles. The first-order valence-electron chi connectivity index (χ1n) is 39.7. The number of unbranched alkanes of at least 4 members (excludes halogenated alkanes) is 38. The van der Waals surface area contributed by atoms with Crippen LogP contribution in [-0.4, -0.2) is 96.7 Å². The van der Waals surface area contributed by atoms with Crippen LogP contribution in [0.4, 0.5) is 0 Å². The van der Waals surface area contributed by atoms with Gasteiger partial charge in [-0.25, -0.2) is 9.13 Å². The highest BCUT2D eigenvalue weighted by Gasteiger charge is 2.30. The van der Waals surface area contributed by atoms with Gasteiger partial charge < -0.3 is 33.8 Å². The number of rotatable bonds is 74. The zero-order chi connectivity index (χ0) is 71.6. The maximum atomic E-state index is 13.1. The first-order valence-corrected chi connectivity index (χ1v) is 42.7. The minimum absolute atomic E-state index is 0.101. The molecule has 0 aliphatic rings. The van der Waals surface area contributed by atoms with Gasteiger partial charge in [-0.15, -0.1) is 0 Å². The number of phosphoric acid groups is 2. The fourth-order valence-corrected chi connectivity index (χ4v) is 13.0. The Labute approximate surface area is 592 Å². The Hall–Kier alpha value is -2.46. The van der Waals surface area contributed by atoms with Crippen LogP contribution < -0.4 is 0 Å². The third kappa shape index (κ3) is 70.4. The molecule has 0 heterocycles. The number of phosphoric ester groups is 2. The molecule has 6 atom stereocenters. The van der Waals surface area contributed by atoms with Crippen LogP contribution in [-0.2, 0) is 65.4 Å². The molecule has 97 heavy (non-hydrogen) atoms. The summed E-state index contributed by atoms with van der Waals surface area (Å²) in [5, 5.41) is 10.6. The predicted octanol–water partition coefficient (Wildman–Crippen LogP) is 22.5. The first-order chi connectivity index (χ1) is 46.8. The van der Waals surface area contributed by atoms with E-state index in [0.717, 1.165) is 133 Å². The molecule has 0 aromatic heterocycles. The van der Waals surface area contributed by atoms with Crippen molar-refractivity contribution in [3.05, 3.63) is 24.3 Å². The van der Waals surface area contributed by atoms with Crippen molar-refractivity contribution < 1.29 is 80.2 Å². The number of hydrogen-bond acceptors (Lipinski definition) is 15. The lowest BCUT2D eigenvalue weighted by atomic mass is 10.00. The van der Waals surface area contributed by atoms with Crippen LogP contribution in [0.15, 0.2) is 24.3 Å². The zero-order valence-electron chi connectivity index (χ0n) is 63.0. The van der Waals surface area contributed by atoms with Crippen molar-refractivity contribution in [2.24, 2.45) is 17.8 Å². The van der Waals surface area contributed by atoms with Crippen molar-refractivity contribution in [1.82, 2.24) is 0 Å². The lowest BCUT2D eigenvalue weighted by molar-refractivity contribution is -0.161. The third-order valence-corrected chi connectivity index (χ3v) is 19.8. The second-order valence-electron chi connectivity index (χ2n) is 28.6. The molecule has 572 valence electrons. The summed E-state index contributed by atoms with van der Waals surface area (Å²) in [7, 11) is -9.93. The molecule has 0 aromatic carbocycles. The van der Waals surface area contributed by atoms with E-state index in [9.17, 15) is 43.2 Å². The van der Waals surface area contributed by atoms with Gasteiger partial charge in [0.1, 0.15) is 19.3 Å². The third-order valence-electron chi connectivity index (χ3n) is 17.9. The number of allylic oxidation sites excluding steroid dienone is 4. The van der Waals surface area contributed by atoms with Gasteiger partial charge >= 0.3 is 39.5 Å². The van der Waals surface area contributed by atoms with Gasteiger partial charge in [0.15, 0.2) is 12.2 Å². The molecule has 0 aliphatic heterocycles. The first kappa shape index (κ1) is 94.5. The van der Waals surface area contributed by atoms with Crippen molar-refractivity contribution in [2.45, 2.75) is 394 Å². The average Bonchev–Trinajstić information content (AvgIpc) is 0.974. The smallest absolute Gasteiger partial charge is 0.462 e. The number of carbonyl (C=O) groups excluding carboxylic acids is 4. The second-order valence-corrected chi connectivity index (χ2v) is 31.5. The molecule has 0 amide bonds. The summed E-state index contributed by atoms with van der Waals surface area (Å²) in [4.78, 5) is 72.9. The van der Waals surface area contributed by atoms with E-state index in [-0.39, 0.29) is 25.7 Å². The Morgan fingerprint density at radius 3 is 0.918 bits per heavy atom. The van der Waals surface area contributed by atoms with Gasteiger partial charge in [-0.2, -0.15) is 0 Å². The minimum Gasteiger partial charge on any atom is -0.462 e. The van der Waals surface area contributed by atoms with Gasteiger partial charge in [-0.1, -0.05) is 323 Å². The number of carbonyl (C=O) groups is 4. The van der Waals surface area contributed by atoms with Crippen LogP contribution in [0.1, 0.15) is 376 Å². The molecule has 3 N–H and O–H groups in total. The van der Waals surface area contributed by atoms with Crippen LogP contribution in [0.5, 0.6) is 0 Å². The Morgan fingerprint density at radius 1 is 0.340 bits per heavy atom. The van der Waals surface area contributed by atoms with Crippen molar-refractivity contribution >= 4 is 39.5 Å². The average molecular weight is 1420 g/mol. The second kappa shape index (κ2) is 68.0. The topological polar surface area (TPSA) is 237 Å². The van der Waals surface area contributed by atoms with Crippen molar-refractivity contribution in [3.8, 4) is 0 Å². The highest BCUT2D eigenvalue weighted by Crippen LogP contribution is 2.45. The number of hydrogen-bond donors (Lipinski definition) is 3. The van der Waals surface area contributed by atoms with Crippen LogP contribution in [0, 0.1) is 17.8 Å². The molecular formula is C78H148O17P2. The van der Waals surface area contributed by atoms with E-state index in [4.69, 9.17) is 37.0 Å². The molecule has 0 saturated carbocycles. The molecule has 0 aliphatic carbocycles. The Bertz CT molecular complexity index is 1980. The van der Waals surface area contributed by atoms with E-state index in [1.165, 1.54) is 161 Å². The van der Waals surface area contributed by atoms with Gasteiger partial charge in [0, 0.05) is 25.7 Å². The molecule has 3 unspecified atom stereocenters. The van der Waals surface area contributed by atoms with Crippen LogP contribution in [0.25, 0.3) is 0 Å². The fraction of sp³-hybridized carbons (Fsp3) is 0.897. The summed E-state index contributed by atoms with van der Waals surface area (Å²) in [5.74, 6) is 0.140. The summed E-state index contributed by atoms with van der Waals surface area (Å²) in [6.45, 7) is 11.8. The van der Waals surface area contributed by atoms with Gasteiger partial charge in [-0.05, 0) is 69.1 Å². The van der Waals surface area contributed by atoms with Crippen LogP contribution in [0.2, 0.25) is 0 Å². The monoisotopic (exact) mass is 1420 g/mol. The van der Waals surface area contributed by atoms with E-state index in [2.05, 4.69) is 72.8 Å². The molecular weight excluding hydrogens is 1270 g/mol. The number of aliphatic hydroxyl groups is 1. The van der Waals surface area contributed by atoms with Crippen molar-refractivity contribution in [1.29, 1.82) is 0 Å². The van der Waals surface area contributed by atoms with E-state index in [1.807, 2.05) is 0 Å². The molecule has 0 radical (unpaired) electrons. The molecule has 0 spiro atoms. The van der Waals surface area contributed by atoms with Crippen LogP contribution >= 0.6 is 15.6 Å². The molecule has 19 heteroatoms. The number of ether oxygens (including phenoxy) is 4. The van der Waals surface area contributed by atoms with Crippen molar-refractivity contribution in [2.75, 3.05) is 39.6 Å². The number of aliphatic hydroxyl groups excluding tert-OH is 1. The Morgan fingerprint density at radius 2 is 0.608 bits per heavy atom. The summed E-state index contributed by atoms with van der Waals surface area (Å²) in [6.07, 6.45) is 57.7. The Balaban J connectivity index is 5.28. The van der Waals surface area contributed by atoms with Gasteiger partial charge in [0.25, 0.3) is 0 Å². The molecule has 0 fully saturated rings. The molecule has 0 rings (SSSR count). The minimum atomic E-state index is -4.97. The maximum Gasteiger partial charge on any atom is 0.472 e. The lowest BCUT2D eigenvalue weighted by Crippen LogP contribution is -2.30. The normalized spacial score (nSPS) is 14.5. The highest BCUT2D eigenvalue weighted by molar-refractivity contribution is 7.47. The highest BCUT2D eigenvalue weighted by atomic mass is 31.2. The fourth-order valence-electron chi connectivity index (χ4n) is 11.4. The largest absolute Gasteiger partial charge is 0.472 e. The van der Waals surface area contributed by atoms with Gasteiger partial charge in [0.2, 0.25) is 0 Å². The standard InChI is InChI=1S/C78H148O17P2/c1-8-10-11-12-13-14-15-16-19-23-26-32-37-45-52-59-75(80)88-65-73(94-77(82)61-54-47-38-33-27-24-21-18-17-20-22-25-30-35-42-49-56-69(3)4)67-92-96(84,85)90-63-72(79)64-91-97(86,87)93-68-74(66-89-76(81)60-53-46-41-40-44-51-58-71(7)9-2)95-78(83)62-55-48-39-34-29-28-31-36-43-50-57-70(5)6/h14-16,19,69-74,79H,8-13,17-18,20-68H2,1-7H3,(H,84,85)(H,86,87)/b15-14-,19-16-/t71?,72-,73-,74-/m1/s1. The quantitative estimate of drug-likeness (QED) is 0.0169. The summed E-state index contributed by atoms with van der Waals surface area (Å²) in [5.41, 5.74) is 0. The van der Waals surface area contributed by atoms with E-state index >= 15 is 0 Å². The van der Waals surface area contributed by atoms with Gasteiger partial charge in [-0.3, -0.25) is 37.3 Å². The lowest BCUT2D eigenvalue weighted by Gasteiger charge is -2.21. The summed E-state index contributed by atoms with van der Waals surface area (Å²) < 4.78 is 68.5. The van der Waals surface area contributed by atoms with Gasteiger partial charge in [0.05, 0.1) is 26.4 Å². The molecule has 17 nitrogen and oxygen atoms in total. The zero-order valence-corrected chi connectivity index (χ0v) is 64.8. The van der Waals surface area contributed by atoms with E-state index < -0.39 is 97.5 Å². The predicted molar refractivity (Wildman–Crippen MR) is 395 cm³/mol. The Kier molecular flexibility index (Phi) is 66.3.